The number of ether oxygens (including phenoxy) is 1. The Morgan fingerprint density at radius 1 is 1.00 bits per heavy atom. The number of nitrogens with one attached hydrogen (secondary N) is 2. The number of aromatic nitrogens is 1. The molecule has 0 atom stereocenters. The van der Waals surface area contributed by atoms with E-state index in [0.717, 1.165) is 23.1 Å². The molecule has 2 heterocycles. The highest BCUT2D eigenvalue weighted by molar-refractivity contribution is 6.30. The van der Waals surface area contributed by atoms with Crippen LogP contribution in [0.3, 0.4) is 0 Å². The van der Waals surface area contributed by atoms with E-state index in [1.165, 1.54) is 78.5 Å². The number of hydrogen-bond acceptors (Lipinski definition) is 2. The lowest BCUT2D eigenvalue weighted by molar-refractivity contribution is 0.301. The van der Waals surface area contributed by atoms with Gasteiger partial charge in [0.25, 0.3) is 0 Å². The van der Waals surface area contributed by atoms with Gasteiger partial charge >= 0.3 is 0 Å². The fourth-order valence-corrected chi connectivity index (χ4v) is 4.81. The lowest BCUT2D eigenvalue weighted by Gasteiger charge is -2.22. The van der Waals surface area contributed by atoms with Gasteiger partial charge in [0.15, 0.2) is 0 Å². The van der Waals surface area contributed by atoms with Gasteiger partial charge in [0.1, 0.15) is 12.4 Å². The molecule has 4 heteroatoms. The summed E-state index contributed by atoms with van der Waals surface area (Å²) in [6.07, 6.45) is 7.68. The average Bonchev–Trinajstić information content (AvgIpc) is 3.12. The van der Waals surface area contributed by atoms with Crippen molar-refractivity contribution in [2.24, 2.45) is 5.92 Å². The van der Waals surface area contributed by atoms with Crippen molar-refractivity contribution >= 4 is 22.5 Å². The lowest BCUT2D eigenvalue weighted by Crippen LogP contribution is -2.27. The largest absolute Gasteiger partial charge is 0.487 e. The molecule has 30 heavy (non-hydrogen) atoms. The van der Waals surface area contributed by atoms with Gasteiger partial charge in [-0.3, -0.25) is 0 Å². The first kappa shape index (κ1) is 21.3. The highest BCUT2D eigenvalue weighted by Crippen LogP contribution is 2.31. The van der Waals surface area contributed by atoms with Crippen molar-refractivity contribution in [3.8, 4) is 5.75 Å². The molecular formula is C26H33ClN2O. The maximum Gasteiger partial charge on any atom is 0.128 e. The van der Waals surface area contributed by atoms with Crippen molar-refractivity contribution in [3.05, 3.63) is 63.8 Å². The van der Waals surface area contributed by atoms with Crippen molar-refractivity contribution < 1.29 is 4.74 Å². The molecule has 1 saturated heterocycles. The quantitative estimate of drug-likeness (QED) is 0.393. The Balaban J connectivity index is 1.48. The maximum atomic E-state index is 6.09. The highest BCUT2D eigenvalue weighted by atomic mass is 35.5. The van der Waals surface area contributed by atoms with Crippen LogP contribution in [0, 0.1) is 19.8 Å². The topological polar surface area (TPSA) is 37.0 Å². The third kappa shape index (κ3) is 5.01. The molecule has 1 aromatic heterocycles. The zero-order valence-corrected chi connectivity index (χ0v) is 18.9. The monoisotopic (exact) mass is 424 g/mol. The van der Waals surface area contributed by atoms with Crippen LogP contribution in [0.5, 0.6) is 5.75 Å². The zero-order chi connectivity index (χ0) is 20.9. The summed E-state index contributed by atoms with van der Waals surface area (Å²) in [4.78, 5) is 3.64. The second-order valence-corrected chi connectivity index (χ2v) is 9.13. The number of aromatic amines is 1. The van der Waals surface area contributed by atoms with E-state index in [0.29, 0.717) is 6.61 Å². The molecule has 3 nitrogen and oxygen atoms in total. The fraction of sp³-hybridized carbons (Fsp3) is 0.462. The van der Waals surface area contributed by atoms with Crippen molar-refractivity contribution in [2.45, 2.75) is 59.0 Å². The molecule has 2 aromatic carbocycles. The summed E-state index contributed by atoms with van der Waals surface area (Å²) < 4.78 is 6.09. The van der Waals surface area contributed by atoms with E-state index in [-0.39, 0.29) is 0 Å². The number of unbranched alkanes of at least 4 members (excludes halogenated alkanes) is 1. The summed E-state index contributed by atoms with van der Waals surface area (Å²) in [6, 6.07) is 12.0. The van der Waals surface area contributed by atoms with Gasteiger partial charge in [0, 0.05) is 15.9 Å². The number of H-pyrrole nitrogens is 1. The van der Waals surface area contributed by atoms with Crippen LogP contribution in [0.15, 0.2) is 36.4 Å². The average molecular weight is 425 g/mol. The van der Waals surface area contributed by atoms with Crippen LogP contribution >= 0.6 is 11.6 Å². The highest BCUT2D eigenvalue weighted by Gasteiger charge is 2.16. The van der Waals surface area contributed by atoms with Gasteiger partial charge in [-0.2, -0.15) is 0 Å². The third-order valence-electron chi connectivity index (χ3n) is 6.63. The van der Waals surface area contributed by atoms with Crippen LogP contribution in [0.25, 0.3) is 10.9 Å². The molecule has 160 valence electrons. The Bertz CT molecular complexity index is 971. The number of piperidine rings is 1. The number of rotatable bonds is 8. The van der Waals surface area contributed by atoms with Gasteiger partial charge in [-0.05, 0) is 106 Å². The summed E-state index contributed by atoms with van der Waals surface area (Å²) in [5.41, 5.74) is 6.60. The molecule has 4 rings (SSSR count). The van der Waals surface area contributed by atoms with Crippen LogP contribution in [-0.4, -0.2) is 18.1 Å². The predicted octanol–water partition coefficient (Wildman–Crippen LogP) is 6.73. The Hall–Kier alpha value is -1.97. The Labute approximate surface area is 185 Å². The summed E-state index contributed by atoms with van der Waals surface area (Å²) in [5, 5.41) is 5.60. The lowest BCUT2D eigenvalue weighted by atomic mass is 9.91. The van der Waals surface area contributed by atoms with Crippen LogP contribution in [0.2, 0.25) is 5.02 Å². The molecule has 1 aliphatic rings. The zero-order valence-electron chi connectivity index (χ0n) is 18.2. The first-order valence-electron chi connectivity index (χ1n) is 11.3. The molecule has 0 amide bonds. The van der Waals surface area contributed by atoms with E-state index < -0.39 is 0 Å². The molecule has 1 aliphatic heterocycles. The van der Waals surface area contributed by atoms with Gasteiger partial charge in [0.05, 0.1) is 5.69 Å². The van der Waals surface area contributed by atoms with Crippen LogP contribution in [-0.2, 0) is 13.0 Å². The second kappa shape index (κ2) is 9.89. The molecule has 0 saturated carbocycles. The summed E-state index contributed by atoms with van der Waals surface area (Å²) in [5.74, 6) is 1.76. The number of halogens is 1. The molecule has 0 aliphatic carbocycles. The van der Waals surface area contributed by atoms with Crippen LogP contribution in [0.1, 0.15) is 54.5 Å². The van der Waals surface area contributed by atoms with Crippen molar-refractivity contribution in [3.63, 3.8) is 0 Å². The minimum absolute atomic E-state index is 0.554. The third-order valence-corrected chi connectivity index (χ3v) is 6.88. The second-order valence-electron chi connectivity index (χ2n) is 8.69. The fourth-order valence-electron chi connectivity index (χ4n) is 4.69. The minimum Gasteiger partial charge on any atom is -0.487 e. The standard InChI is InChI=1S/C26H33ClN2O/c1-18-7-12-24-26(19(18)2)23(6-4-3-5-20-13-15-28-16-14-20)25(29-24)17-30-22-10-8-21(27)9-11-22/h7-12,20,28-29H,3-6,13-17H2,1-2H3. The van der Waals surface area contributed by atoms with E-state index in [4.69, 9.17) is 16.3 Å². The first-order valence-corrected chi connectivity index (χ1v) is 11.7. The molecule has 1 fully saturated rings. The Morgan fingerprint density at radius 3 is 2.53 bits per heavy atom. The van der Waals surface area contributed by atoms with E-state index in [1.54, 1.807) is 0 Å². The summed E-state index contributed by atoms with van der Waals surface area (Å²) in [7, 11) is 0. The van der Waals surface area contributed by atoms with Gasteiger partial charge < -0.3 is 15.0 Å². The van der Waals surface area contributed by atoms with Gasteiger partial charge in [-0.25, -0.2) is 0 Å². The van der Waals surface area contributed by atoms with Gasteiger partial charge in [-0.15, -0.1) is 0 Å². The molecule has 0 bridgehead atoms. The van der Waals surface area contributed by atoms with E-state index in [9.17, 15) is 0 Å². The van der Waals surface area contributed by atoms with Crippen molar-refractivity contribution in [2.75, 3.05) is 13.1 Å². The van der Waals surface area contributed by atoms with Crippen molar-refractivity contribution in [1.29, 1.82) is 0 Å². The molecule has 0 spiro atoms. The van der Waals surface area contributed by atoms with Crippen LogP contribution in [0.4, 0.5) is 0 Å². The SMILES string of the molecule is Cc1ccc2[nH]c(COc3ccc(Cl)cc3)c(CCCCC3CCNCC3)c2c1C. The normalized spacial score (nSPS) is 15.0. The van der Waals surface area contributed by atoms with E-state index in [2.05, 4.69) is 36.3 Å². The predicted molar refractivity (Wildman–Crippen MR) is 127 cm³/mol. The number of hydrogen-bond donors (Lipinski definition) is 2. The van der Waals surface area contributed by atoms with Gasteiger partial charge in [-0.1, -0.05) is 30.5 Å². The van der Waals surface area contributed by atoms with Crippen LogP contribution < -0.4 is 10.1 Å². The maximum absolute atomic E-state index is 6.09. The first-order chi connectivity index (χ1) is 14.6. The number of aryl methyl sites for hydroxylation is 3. The Kier molecular flexibility index (Phi) is 7.01. The molecular weight excluding hydrogens is 392 g/mol. The molecule has 0 unspecified atom stereocenters. The smallest absolute Gasteiger partial charge is 0.128 e. The van der Waals surface area contributed by atoms with E-state index in [1.807, 2.05) is 24.3 Å². The van der Waals surface area contributed by atoms with Gasteiger partial charge in [0.2, 0.25) is 0 Å². The van der Waals surface area contributed by atoms with Crippen molar-refractivity contribution in [1.82, 2.24) is 10.3 Å². The molecule has 0 radical (unpaired) electrons. The minimum atomic E-state index is 0.554. The molecule has 2 N–H and O–H groups in total. The number of fused-ring (bicyclic) bond motifs is 1. The number of benzene rings is 2. The van der Waals surface area contributed by atoms with E-state index >= 15 is 0 Å². The molecule has 3 aromatic rings. The summed E-state index contributed by atoms with van der Waals surface area (Å²) >= 11 is 6.00. The summed E-state index contributed by atoms with van der Waals surface area (Å²) in [6.45, 7) is 7.38. The Morgan fingerprint density at radius 2 is 1.77 bits per heavy atom.